The fraction of sp³-hybridized carbons (Fsp3) is 0.231. The average Bonchev–Trinajstić information content (AvgIpc) is 2.84. The Hall–Kier alpha value is -3.42. The predicted molar refractivity (Wildman–Crippen MR) is 138 cm³/mol. The second kappa shape index (κ2) is 12.9. The number of ether oxygens (including phenoxy) is 4. The van der Waals surface area contributed by atoms with E-state index in [-0.39, 0.29) is 6.61 Å². The van der Waals surface area contributed by atoms with Crippen LogP contribution in [0, 0.1) is 0 Å². The Labute approximate surface area is 214 Å². The molecule has 3 aromatic rings. The van der Waals surface area contributed by atoms with E-state index >= 15 is 0 Å². The Balaban J connectivity index is 1.69. The molecule has 3 rings (SSSR count). The number of rotatable bonds is 11. The zero-order valence-electron chi connectivity index (χ0n) is 19.6. The number of nitrogens with one attached hydrogen (secondary N) is 1. The molecule has 0 unspecified atom stereocenters. The highest BCUT2D eigenvalue weighted by atomic mass is 35.5. The molecule has 0 aromatic heterocycles. The molecule has 7 nitrogen and oxygen atoms in total. The van der Waals surface area contributed by atoms with Gasteiger partial charge in [0.15, 0.2) is 23.0 Å². The summed E-state index contributed by atoms with van der Waals surface area (Å²) in [6.45, 7) is 4.95. The van der Waals surface area contributed by atoms with Crippen molar-refractivity contribution in [1.82, 2.24) is 5.43 Å². The summed E-state index contributed by atoms with van der Waals surface area (Å²) < 4.78 is 22.4. The van der Waals surface area contributed by atoms with Crippen molar-refractivity contribution in [3.63, 3.8) is 0 Å². The van der Waals surface area contributed by atoms with Crippen molar-refractivity contribution in [2.24, 2.45) is 5.10 Å². The number of amides is 1. The highest BCUT2D eigenvalue weighted by molar-refractivity contribution is 6.32. The van der Waals surface area contributed by atoms with Crippen LogP contribution in [0.4, 0.5) is 0 Å². The Morgan fingerprint density at radius 1 is 0.943 bits per heavy atom. The predicted octanol–water partition coefficient (Wildman–Crippen LogP) is 6.14. The van der Waals surface area contributed by atoms with Crippen molar-refractivity contribution in [3.8, 4) is 23.0 Å². The van der Waals surface area contributed by atoms with Gasteiger partial charge < -0.3 is 18.9 Å². The van der Waals surface area contributed by atoms with E-state index in [4.69, 9.17) is 42.1 Å². The molecule has 35 heavy (non-hydrogen) atoms. The van der Waals surface area contributed by atoms with Crippen molar-refractivity contribution in [2.45, 2.75) is 20.5 Å². The number of hydrogen-bond acceptors (Lipinski definition) is 6. The number of nitrogens with zero attached hydrogens (tertiary/aromatic N) is 1. The third-order valence-electron chi connectivity index (χ3n) is 4.71. The highest BCUT2D eigenvalue weighted by Gasteiger charge is 2.13. The van der Waals surface area contributed by atoms with Crippen LogP contribution in [0.5, 0.6) is 23.0 Å². The average molecular weight is 517 g/mol. The first-order chi connectivity index (χ1) is 16.9. The van der Waals surface area contributed by atoms with Gasteiger partial charge in [-0.05, 0) is 67.4 Å². The van der Waals surface area contributed by atoms with Crippen LogP contribution in [0.1, 0.15) is 35.3 Å². The minimum Gasteiger partial charge on any atom is -0.493 e. The molecule has 0 radical (unpaired) electrons. The van der Waals surface area contributed by atoms with Crippen LogP contribution in [0.25, 0.3) is 0 Å². The van der Waals surface area contributed by atoms with E-state index in [0.29, 0.717) is 57.4 Å². The van der Waals surface area contributed by atoms with Gasteiger partial charge in [-0.1, -0.05) is 35.3 Å². The van der Waals surface area contributed by atoms with Gasteiger partial charge in [0, 0.05) is 10.6 Å². The van der Waals surface area contributed by atoms with Crippen LogP contribution in [0.15, 0.2) is 59.7 Å². The third-order valence-corrected chi connectivity index (χ3v) is 5.23. The molecule has 0 spiro atoms. The van der Waals surface area contributed by atoms with Crippen molar-refractivity contribution in [1.29, 1.82) is 0 Å². The first-order valence-corrected chi connectivity index (χ1v) is 11.7. The van der Waals surface area contributed by atoms with Gasteiger partial charge in [-0.2, -0.15) is 5.10 Å². The lowest BCUT2D eigenvalue weighted by Crippen LogP contribution is -2.17. The molecule has 0 saturated carbocycles. The molecule has 9 heteroatoms. The third kappa shape index (κ3) is 7.28. The molecule has 0 aliphatic heterocycles. The van der Waals surface area contributed by atoms with E-state index < -0.39 is 5.91 Å². The standard InChI is InChI=1S/C26H26Cl2N2O5/c1-4-33-22-10-9-19(14-23(22)34-5-2)26(31)30-29-15-18-12-21(28)25(24(13-18)32-3)35-16-17-7-6-8-20(27)11-17/h6-15H,4-5,16H2,1-3H3,(H,30,31)/b29-15+. The normalized spacial score (nSPS) is 10.8. The van der Waals surface area contributed by atoms with Crippen LogP contribution in [-0.4, -0.2) is 32.4 Å². The van der Waals surface area contributed by atoms with E-state index in [9.17, 15) is 4.79 Å². The lowest BCUT2D eigenvalue weighted by Gasteiger charge is -2.13. The number of carbonyl (C=O) groups excluding carboxylic acids is 1. The molecule has 1 amide bonds. The van der Waals surface area contributed by atoms with Gasteiger partial charge in [0.05, 0.1) is 31.6 Å². The summed E-state index contributed by atoms with van der Waals surface area (Å²) in [5, 5.41) is 5.00. The number of hydrazone groups is 1. The largest absolute Gasteiger partial charge is 0.493 e. The minimum atomic E-state index is -0.398. The van der Waals surface area contributed by atoms with Gasteiger partial charge in [0.2, 0.25) is 0 Å². The number of benzene rings is 3. The van der Waals surface area contributed by atoms with Gasteiger partial charge in [0.25, 0.3) is 5.91 Å². The molecule has 0 heterocycles. The molecule has 0 aliphatic rings. The smallest absolute Gasteiger partial charge is 0.271 e. The summed E-state index contributed by atoms with van der Waals surface area (Å²) in [4.78, 5) is 12.5. The number of hydrogen-bond donors (Lipinski definition) is 1. The minimum absolute atomic E-state index is 0.270. The number of methoxy groups -OCH3 is 1. The second-order valence-corrected chi connectivity index (χ2v) is 8.02. The molecule has 0 bridgehead atoms. The zero-order valence-corrected chi connectivity index (χ0v) is 21.2. The molecule has 3 aromatic carbocycles. The van der Waals surface area contributed by atoms with E-state index in [1.165, 1.54) is 13.3 Å². The summed E-state index contributed by atoms with van der Waals surface area (Å²) in [5.74, 6) is 1.50. The highest BCUT2D eigenvalue weighted by Crippen LogP contribution is 2.36. The molecule has 0 atom stereocenters. The fourth-order valence-corrected chi connectivity index (χ4v) is 3.65. The maximum absolute atomic E-state index is 12.5. The summed E-state index contributed by atoms with van der Waals surface area (Å²) in [6, 6.07) is 15.7. The van der Waals surface area contributed by atoms with E-state index in [1.54, 1.807) is 36.4 Å². The molecule has 1 N–H and O–H groups in total. The van der Waals surface area contributed by atoms with Crippen molar-refractivity contribution < 1.29 is 23.7 Å². The summed E-state index contributed by atoms with van der Waals surface area (Å²) in [5.41, 5.74) is 4.39. The van der Waals surface area contributed by atoms with Crippen molar-refractivity contribution in [2.75, 3.05) is 20.3 Å². The van der Waals surface area contributed by atoms with Crippen molar-refractivity contribution >= 4 is 35.3 Å². The second-order valence-electron chi connectivity index (χ2n) is 7.18. The molecular formula is C26H26Cl2N2O5. The Kier molecular flexibility index (Phi) is 9.64. The molecule has 0 aliphatic carbocycles. The quantitative estimate of drug-likeness (QED) is 0.244. The lowest BCUT2D eigenvalue weighted by atomic mass is 10.2. The molecule has 0 fully saturated rings. The molecular weight excluding hydrogens is 491 g/mol. The van der Waals surface area contributed by atoms with Gasteiger partial charge in [-0.25, -0.2) is 5.43 Å². The van der Waals surface area contributed by atoms with E-state index in [2.05, 4.69) is 10.5 Å². The topological polar surface area (TPSA) is 78.4 Å². The maximum Gasteiger partial charge on any atom is 0.271 e. The van der Waals surface area contributed by atoms with Crippen LogP contribution in [-0.2, 0) is 6.61 Å². The van der Waals surface area contributed by atoms with E-state index in [0.717, 1.165) is 5.56 Å². The fourth-order valence-electron chi connectivity index (χ4n) is 3.16. The Morgan fingerprint density at radius 2 is 1.71 bits per heavy atom. The van der Waals surface area contributed by atoms with Crippen molar-refractivity contribution in [3.05, 3.63) is 81.3 Å². The van der Waals surface area contributed by atoms with Crippen LogP contribution >= 0.6 is 23.2 Å². The molecule has 0 saturated heterocycles. The van der Waals surface area contributed by atoms with Gasteiger partial charge in [-0.15, -0.1) is 0 Å². The maximum atomic E-state index is 12.5. The van der Waals surface area contributed by atoms with Crippen LogP contribution < -0.4 is 24.4 Å². The van der Waals surface area contributed by atoms with E-state index in [1.807, 2.05) is 32.0 Å². The Bertz CT molecular complexity index is 1200. The van der Waals surface area contributed by atoms with Crippen LogP contribution in [0.2, 0.25) is 10.0 Å². The lowest BCUT2D eigenvalue weighted by molar-refractivity contribution is 0.0954. The first-order valence-electron chi connectivity index (χ1n) is 10.9. The van der Waals surface area contributed by atoms with Gasteiger partial charge >= 0.3 is 0 Å². The SMILES string of the molecule is CCOc1ccc(C(=O)N/N=C/c2cc(Cl)c(OCc3cccc(Cl)c3)c(OC)c2)cc1OCC. The number of carbonyl (C=O) groups is 1. The zero-order chi connectivity index (χ0) is 25.2. The Morgan fingerprint density at radius 3 is 2.43 bits per heavy atom. The van der Waals surface area contributed by atoms with Gasteiger partial charge in [-0.3, -0.25) is 4.79 Å². The molecule has 184 valence electrons. The monoisotopic (exact) mass is 516 g/mol. The summed E-state index contributed by atoms with van der Waals surface area (Å²) >= 11 is 12.5. The van der Waals surface area contributed by atoms with Crippen LogP contribution in [0.3, 0.4) is 0 Å². The summed E-state index contributed by atoms with van der Waals surface area (Å²) in [7, 11) is 1.52. The number of halogens is 2. The first kappa shape index (κ1) is 26.2. The van der Waals surface area contributed by atoms with Gasteiger partial charge in [0.1, 0.15) is 6.61 Å². The summed E-state index contributed by atoms with van der Waals surface area (Å²) in [6.07, 6.45) is 1.46.